The van der Waals surface area contributed by atoms with Gasteiger partial charge < -0.3 is 14.8 Å². The number of hydrogen-bond donors (Lipinski definition) is 1. The van der Waals surface area contributed by atoms with Gasteiger partial charge in [-0.3, -0.25) is 14.7 Å². The number of rotatable bonds is 5. The Hall–Kier alpha value is -3.25. The molecule has 0 bridgehead atoms. The highest BCUT2D eigenvalue weighted by Crippen LogP contribution is 2.42. The van der Waals surface area contributed by atoms with Crippen LogP contribution in [0.4, 0.5) is 11.4 Å². The van der Waals surface area contributed by atoms with E-state index in [1.54, 1.807) is 49.6 Å². The first-order valence-corrected chi connectivity index (χ1v) is 9.44. The molecule has 0 saturated heterocycles. The number of benzene rings is 2. The van der Waals surface area contributed by atoms with Crippen molar-refractivity contribution in [3.8, 4) is 11.5 Å². The fraction of sp³-hybridized carbons (Fsp3) is 0.182. The minimum atomic E-state index is -0.541. The van der Waals surface area contributed by atoms with Gasteiger partial charge in [0.25, 0.3) is 5.91 Å². The van der Waals surface area contributed by atoms with Crippen LogP contribution in [0.5, 0.6) is 11.5 Å². The van der Waals surface area contributed by atoms with Crippen molar-refractivity contribution in [3.05, 3.63) is 76.6 Å². The monoisotopic (exact) mass is 409 g/mol. The van der Waals surface area contributed by atoms with Gasteiger partial charge in [-0.2, -0.15) is 0 Å². The maximum atomic E-state index is 13.2. The Balaban J connectivity index is 1.81. The van der Waals surface area contributed by atoms with E-state index in [0.717, 1.165) is 11.3 Å². The zero-order valence-electron chi connectivity index (χ0n) is 16.3. The molecule has 2 heterocycles. The van der Waals surface area contributed by atoms with E-state index < -0.39 is 6.17 Å². The Morgan fingerprint density at radius 3 is 2.55 bits per heavy atom. The lowest BCUT2D eigenvalue weighted by Gasteiger charge is -2.28. The first-order chi connectivity index (χ1) is 14.0. The molecule has 1 aliphatic heterocycles. The number of ether oxygens (including phenoxy) is 2. The molecule has 1 aromatic heterocycles. The van der Waals surface area contributed by atoms with Gasteiger partial charge in [0.1, 0.15) is 11.5 Å². The van der Waals surface area contributed by atoms with Gasteiger partial charge in [0.05, 0.1) is 36.2 Å². The van der Waals surface area contributed by atoms with Crippen molar-refractivity contribution >= 4 is 28.9 Å². The first kappa shape index (κ1) is 19.1. The average molecular weight is 410 g/mol. The smallest absolute Gasteiger partial charge is 0.262 e. The lowest BCUT2D eigenvalue weighted by molar-refractivity contribution is 0.0993. The molecule has 0 fully saturated rings. The average Bonchev–Trinajstić information content (AvgIpc) is 3.02. The normalized spacial score (nSPS) is 15.2. The number of anilines is 2. The second kappa shape index (κ2) is 7.64. The second-order valence-corrected chi connectivity index (χ2v) is 7.09. The van der Waals surface area contributed by atoms with Crippen LogP contribution < -0.4 is 19.7 Å². The standard InChI is InChI=1S/C22H20ClN3O3/c1-13-6-8-14(9-7-13)26-21(19-16(22(26)27)5-4-10-24-19)25-20-17(23)11-15(28-2)12-18(20)29-3/h4-12,21,25H,1-3H3/t21-/m0/s1. The quantitative estimate of drug-likeness (QED) is 0.653. The van der Waals surface area contributed by atoms with E-state index in [0.29, 0.717) is 33.5 Å². The van der Waals surface area contributed by atoms with Gasteiger partial charge in [-0.15, -0.1) is 0 Å². The number of aromatic nitrogens is 1. The lowest BCUT2D eigenvalue weighted by atomic mass is 10.2. The van der Waals surface area contributed by atoms with Crippen LogP contribution in [0.2, 0.25) is 5.02 Å². The van der Waals surface area contributed by atoms with E-state index in [1.807, 2.05) is 31.2 Å². The molecule has 0 aliphatic carbocycles. The zero-order chi connectivity index (χ0) is 20.5. The number of nitrogens with zero attached hydrogens (tertiary/aromatic N) is 2. The molecule has 7 heteroatoms. The van der Waals surface area contributed by atoms with E-state index in [9.17, 15) is 4.79 Å². The molecular formula is C22H20ClN3O3. The highest BCUT2D eigenvalue weighted by atomic mass is 35.5. The fourth-order valence-corrected chi connectivity index (χ4v) is 3.66. The molecular weight excluding hydrogens is 390 g/mol. The van der Waals surface area contributed by atoms with Crippen molar-refractivity contribution in [1.82, 2.24) is 4.98 Å². The molecule has 0 spiro atoms. The van der Waals surface area contributed by atoms with E-state index >= 15 is 0 Å². The molecule has 0 saturated carbocycles. The number of fused-ring (bicyclic) bond motifs is 1. The van der Waals surface area contributed by atoms with E-state index in [2.05, 4.69) is 10.3 Å². The van der Waals surface area contributed by atoms with Crippen LogP contribution in [0, 0.1) is 6.92 Å². The maximum Gasteiger partial charge on any atom is 0.262 e. The third-order valence-electron chi connectivity index (χ3n) is 4.88. The van der Waals surface area contributed by atoms with Gasteiger partial charge in [-0.05, 0) is 31.2 Å². The number of carbonyl (C=O) groups excluding carboxylic acids is 1. The lowest BCUT2D eigenvalue weighted by Crippen LogP contribution is -2.32. The van der Waals surface area contributed by atoms with Gasteiger partial charge >= 0.3 is 0 Å². The molecule has 3 aromatic rings. The summed E-state index contributed by atoms with van der Waals surface area (Å²) in [5, 5.41) is 3.78. The van der Waals surface area contributed by atoms with Crippen molar-refractivity contribution in [2.24, 2.45) is 0 Å². The van der Waals surface area contributed by atoms with Gasteiger partial charge in [0.15, 0.2) is 6.17 Å². The van der Waals surface area contributed by atoms with E-state index in [-0.39, 0.29) is 5.91 Å². The summed E-state index contributed by atoms with van der Waals surface area (Å²) in [5.74, 6) is 0.960. The minimum Gasteiger partial charge on any atom is -0.497 e. The predicted molar refractivity (Wildman–Crippen MR) is 113 cm³/mol. The molecule has 29 heavy (non-hydrogen) atoms. The number of halogens is 1. The first-order valence-electron chi connectivity index (χ1n) is 9.06. The summed E-state index contributed by atoms with van der Waals surface area (Å²) in [6.45, 7) is 2.00. The number of carbonyl (C=O) groups is 1. The van der Waals surface area contributed by atoms with Crippen molar-refractivity contribution in [2.75, 3.05) is 24.4 Å². The second-order valence-electron chi connectivity index (χ2n) is 6.68. The molecule has 0 unspecified atom stereocenters. The molecule has 1 aliphatic rings. The van der Waals surface area contributed by atoms with Gasteiger partial charge in [-0.25, -0.2) is 0 Å². The molecule has 4 rings (SSSR count). The summed E-state index contributed by atoms with van der Waals surface area (Å²) < 4.78 is 10.8. The molecule has 6 nitrogen and oxygen atoms in total. The van der Waals surface area contributed by atoms with Gasteiger partial charge in [0, 0.05) is 24.0 Å². The third-order valence-corrected chi connectivity index (χ3v) is 5.18. The number of amides is 1. The van der Waals surface area contributed by atoms with Crippen molar-refractivity contribution in [2.45, 2.75) is 13.1 Å². The number of pyridine rings is 1. The summed E-state index contributed by atoms with van der Waals surface area (Å²) in [5.41, 5.74) is 3.62. The Morgan fingerprint density at radius 2 is 1.86 bits per heavy atom. The molecule has 2 aromatic carbocycles. The number of nitrogens with one attached hydrogen (secondary N) is 1. The predicted octanol–water partition coefficient (Wildman–Crippen LogP) is 4.83. The maximum absolute atomic E-state index is 13.2. The molecule has 1 atom stereocenters. The van der Waals surface area contributed by atoms with Crippen LogP contribution in [-0.4, -0.2) is 25.1 Å². The summed E-state index contributed by atoms with van der Waals surface area (Å²) in [6, 6.07) is 14.7. The number of hydrogen-bond acceptors (Lipinski definition) is 5. The highest BCUT2D eigenvalue weighted by molar-refractivity contribution is 6.33. The Morgan fingerprint density at radius 1 is 1.10 bits per heavy atom. The van der Waals surface area contributed by atoms with Crippen molar-refractivity contribution in [3.63, 3.8) is 0 Å². The van der Waals surface area contributed by atoms with Crippen LogP contribution in [0.15, 0.2) is 54.7 Å². The minimum absolute atomic E-state index is 0.127. The number of methoxy groups -OCH3 is 2. The van der Waals surface area contributed by atoms with Crippen LogP contribution in [-0.2, 0) is 0 Å². The topological polar surface area (TPSA) is 63.7 Å². The van der Waals surface area contributed by atoms with Crippen LogP contribution >= 0.6 is 11.6 Å². The van der Waals surface area contributed by atoms with Gasteiger partial charge in [0.2, 0.25) is 0 Å². The molecule has 1 amide bonds. The van der Waals surface area contributed by atoms with Crippen LogP contribution in [0.3, 0.4) is 0 Å². The summed E-state index contributed by atoms with van der Waals surface area (Å²) in [6.07, 6.45) is 1.13. The van der Waals surface area contributed by atoms with Gasteiger partial charge in [-0.1, -0.05) is 29.3 Å². The number of aryl methyl sites for hydroxylation is 1. The molecule has 0 radical (unpaired) electrons. The van der Waals surface area contributed by atoms with Crippen LogP contribution in [0.25, 0.3) is 0 Å². The summed E-state index contributed by atoms with van der Waals surface area (Å²) in [4.78, 5) is 19.3. The van der Waals surface area contributed by atoms with Crippen molar-refractivity contribution in [1.29, 1.82) is 0 Å². The Bertz CT molecular complexity index is 1070. The molecule has 1 N–H and O–H groups in total. The summed E-state index contributed by atoms with van der Waals surface area (Å²) >= 11 is 6.50. The third kappa shape index (κ3) is 3.36. The molecule has 148 valence electrons. The Kier molecular flexibility index (Phi) is 5.03. The van der Waals surface area contributed by atoms with E-state index in [4.69, 9.17) is 21.1 Å². The Labute approximate surface area is 174 Å². The van der Waals surface area contributed by atoms with Crippen LogP contribution in [0.1, 0.15) is 27.8 Å². The zero-order valence-corrected chi connectivity index (χ0v) is 17.0. The highest BCUT2D eigenvalue weighted by Gasteiger charge is 2.39. The van der Waals surface area contributed by atoms with Crippen molar-refractivity contribution < 1.29 is 14.3 Å². The van der Waals surface area contributed by atoms with E-state index in [1.165, 1.54) is 0 Å². The summed E-state index contributed by atoms with van der Waals surface area (Å²) in [7, 11) is 3.12. The largest absolute Gasteiger partial charge is 0.497 e. The fourth-order valence-electron chi connectivity index (χ4n) is 3.40. The SMILES string of the molecule is COc1cc(Cl)c(N[C@@H]2c3ncccc3C(=O)N2c2ccc(C)cc2)c(OC)c1.